The van der Waals surface area contributed by atoms with Gasteiger partial charge in [0.15, 0.2) is 5.82 Å². The van der Waals surface area contributed by atoms with Gasteiger partial charge in [0.1, 0.15) is 0 Å². The van der Waals surface area contributed by atoms with E-state index in [9.17, 15) is 4.79 Å². The minimum atomic E-state index is 0.0755. The molecule has 7 nitrogen and oxygen atoms in total. The van der Waals surface area contributed by atoms with Crippen molar-refractivity contribution in [3.63, 3.8) is 0 Å². The van der Waals surface area contributed by atoms with E-state index in [1.54, 1.807) is 12.4 Å². The zero-order chi connectivity index (χ0) is 20.6. The van der Waals surface area contributed by atoms with Crippen LogP contribution in [0.5, 0.6) is 0 Å². The number of piperidine rings is 1. The lowest BCUT2D eigenvalue weighted by Gasteiger charge is -2.39. The second kappa shape index (κ2) is 7.65. The molecule has 2 aliphatic rings. The second-order valence-electron chi connectivity index (χ2n) is 8.49. The van der Waals surface area contributed by atoms with E-state index < -0.39 is 0 Å². The van der Waals surface area contributed by atoms with Crippen molar-refractivity contribution in [2.24, 2.45) is 5.41 Å². The Morgan fingerprint density at radius 1 is 1.13 bits per heavy atom. The van der Waals surface area contributed by atoms with Crippen LogP contribution in [0.25, 0.3) is 11.5 Å². The van der Waals surface area contributed by atoms with Crippen LogP contribution >= 0.6 is 0 Å². The van der Waals surface area contributed by atoms with Gasteiger partial charge in [-0.25, -0.2) is 0 Å². The average molecular weight is 403 g/mol. The fraction of sp³-hybridized carbons (Fsp3) is 0.391. The van der Waals surface area contributed by atoms with E-state index in [2.05, 4.69) is 27.1 Å². The number of benzene rings is 1. The predicted octanol–water partition coefficient (Wildman–Crippen LogP) is 3.43. The monoisotopic (exact) mass is 403 g/mol. The fourth-order valence-electron chi connectivity index (χ4n) is 4.84. The number of amides is 1. The summed E-state index contributed by atoms with van der Waals surface area (Å²) in [7, 11) is 2.13. The van der Waals surface area contributed by atoms with E-state index in [4.69, 9.17) is 4.52 Å². The van der Waals surface area contributed by atoms with Crippen LogP contribution in [0.4, 0.5) is 0 Å². The Labute approximate surface area is 175 Å². The molecule has 30 heavy (non-hydrogen) atoms. The van der Waals surface area contributed by atoms with Crippen LogP contribution in [-0.2, 0) is 0 Å². The molecule has 154 valence electrons. The highest BCUT2D eigenvalue weighted by Gasteiger charge is 2.46. The first kappa shape index (κ1) is 18.9. The maximum atomic E-state index is 12.7. The molecular formula is C23H25N5O2. The minimum absolute atomic E-state index is 0.0755. The molecular weight excluding hydrogens is 378 g/mol. The van der Waals surface area contributed by atoms with Gasteiger partial charge in [0.05, 0.1) is 11.6 Å². The van der Waals surface area contributed by atoms with Crippen molar-refractivity contribution in [1.29, 1.82) is 0 Å². The third kappa shape index (κ3) is 3.50. The number of nitrogens with zero attached hydrogens (tertiary/aromatic N) is 5. The smallest absolute Gasteiger partial charge is 0.257 e. The van der Waals surface area contributed by atoms with Gasteiger partial charge in [-0.3, -0.25) is 14.7 Å². The van der Waals surface area contributed by atoms with Crippen molar-refractivity contribution in [3.8, 4) is 11.5 Å². The van der Waals surface area contributed by atoms with Gasteiger partial charge in [-0.15, -0.1) is 0 Å². The van der Waals surface area contributed by atoms with Crippen molar-refractivity contribution in [1.82, 2.24) is 24.9 Å². The van der Waals surface area contributed by atoms with Crippen molar-refractivity contribution >= 4 is 5.91 Å². The Hall–Kier alpha value is -3.06. The first-order chi connectivity index (χ1) is 14.6. The summed E-state index contributed by atoms with van der Waals surface area (Å²) in [6.45, 7) is 2.54. The predicted molar refractivity (Wildman–Crippen MR) is 112 cm³/mol. The normalized spacial score (nSPS) is 21.2. The number of aromatic nitrogens is 3. The molecule has 2 fully saturated rings. The molecule has 1 atom stereocenters. The molecule has 0 aliphatic carbocycles. The molecule has 4 heterocycles. The quantitative estimate of drug-likeness (QED) is 0.667. The van der Waals surface area contributed by atoms with Gasteiger partial charge in [-0.1, -0.05) is 23.4 Å². The molecule has 2 saturated heterocycles. The summed E-state index contributed by atoms with van der Waals surface area (Å²) in [6, 6.07) is 13.7. The Balaban J connectivity index is 1.26. The second-order valence-corrected chi connectivity index (χ2v) is 8.49. The third-order valence-corrected chi connectivity index (χ3v) is 6.52. The van der Waals surface area contributed by atoms with E-state index in [0.29, 0.717) is 11.5 Å². The molecule has 1 amide bonds. The molecule has 1 aromatic carbocycles. The number of hydrogen-bond acceptors (Lipinski definition) is 6. The van der Waals surface area contributed by atoms with Crippen LogP contribution in [0.3, 0.4) is 0 Å². The SMILES string of the molecule is CN1CC2(CCN(C(=O)c3cccnc3)CC2)CC1c1noc(-c2ccccc2)n1. The van der Waals surface area contributed by atoms with Gasteiger partial charge in [0.2, 0.25) is 0 Å². The van der Waals surface area contributed by atoms with Gasteiger partial charge in [-0.05, 0) is 56.0 Å². The maximum absolute atomic E-state index is 12.7. The van der Waals surface area contributed by atoms with Crippen molar-refractivity contribution in [2.45, 2.75) is 25.3 Å². The summed E-state index contributed by atoms with van der Waals surface area (Å²) >= 11 is 0. The standard InChI is InChI=1S/C23H25N5O2/c1-27-16-23(9-12-28(13-10-23)22(29)18-8-5-11-24-15-18)14-19(27)20-25-21(30-26-20)17-6-3-2-4-7-17/h2-8,11,15,19H,9-10,12-14,16H2,1H3. The molecule has 1 unspecified atom stereocenters. The Morgan fingerprint density at radius 3 is 2.67 bits per heavy atom. The minimum Gasteiger partial charge on any atom is -0.339 e. The maximum Gasteiger partial charge on any atom is 0.257 e. The van der Waals surface area contributed by atoms with E-state index in [0.717, 1.165) is 50.3 Å². The lowest BCUT2D eigenvalue weighted by Crippen LogP contribution is -2.44. The zero-order valence-electron chi connectivity index (χ0n) is 17.1. The van der Waals surface area contributed by atoms with Crippen LogP contribution in [0, 0.1) is 5.41 Å². The molecule has 5 rings (SSSR count). The van der Waals surface area contributed by atoms with Crippen LogP contribution in [-0.4, -0.2) is 57.5 Å². The van der Waals surface area contributed by atoms with Crippen molar-refractivity contribution < 1.29 is 9.32 Å². The molecule has 7 heteroatoms. The number of carbonyl (C=O) groups is 1. The molecule has 0 N–H and O–H groups in total. The topological polar surface area (TPSA) is 75.4 Å². The Morgan fingerprint density at radius 2 is 1.93 bits per heavy atom. The Bertz CT molecular complexity index is 1010. The largest absolute Gasteiger partial charge is 0.339 e. The number of rotatable bonds is 3. The fourth-order valence-corrected chi connectivity index (χ4v) is 4.84. The van der Waals surface area contributed by atoms with Crippen molar-refractivity contribution in [3.05, 3.63) is 66.2 Å². The summed E-state index contributed by atoms with van der Waals surface area (Å²) in [5.41, 5.74) is 1.79. The molecule has 0 bridgehead atoms. The van der Waals surface area contributed by atoms with Crippen LogP contribution < -0.4 is 0 Å². The van der Waals surface area contributed by atoms with E-state index >= 15 is 0 Å². The van der Waals surface area contributed by atoms with Gasteiger partial charge in [0, 0.05) is 37.6 Å². The lowest BCUT2D eigenvalue weighted by molar-refractivity contribution is 0.0593. The van der Waals surface area contributed by atoms with E-state index in [-0.39, 0.29) is 17.4 Å². The van der Waals surface area contributed by atoms with Gasteiger partial charge >= 0.3 is 0 Å². The van der Waals surface area contributed by atoms with E-state index in [1.807, 2.05) is 47.4 Å². The summed E-state index contributed by atoms with van der Waals surface area (Å²) in [5.74, 6) is 1.39. The molecule has 1 spiro atoms. The molecule has 3 aromatic rings. The average Bonchev–Trinajstić information content (AvgIpc) is 3.40. The number of pyridine rings is 1. The highest BCUT2D eigenvalue weighted by Crippen LogP contribution is 2.48. The third-order valence-electron chi connectivity index (χ3n) is 6.52. The number of likely N-dealkylation sites (tertiary alicyclic amines) is 2. The lowest BCUT2D eigenvalue weighted by atomic mass is 9.76. The van der Waals surface area contributed by atoms with E-state index in [1.165, 1.54) is 0 Å². The van der Waals surface area contributed by atoms with Crippen molar-refractivity contribution in [2.75, 3.05) is 26.7 Å². The van der Waals surface area contributed by atoms with Gasteiger partial charge in [-0.2, -0.15) is 4.98 Å². The molecule has 2 aliphatic heterocycles. The highest BCUT2D eigenvalue weighted by molar-refractivity contribution is 5.93. The highest BCUT2D eigenvalue weighted by atomic mass is 16.5. The summed E-state index contributed by atoms with van der Waals surface area (Å²) in [4.78, 5) is 25.8. The first-order valence-corrected chi connectivity index (χ1v) is 10.4. The van der Waals surface area contributed by atoms with Crippen LogP contribution in [0.15, 0.2) is 59.4 Å². The van der Waals surface area contributed by atoms with Crippen LogP contribution in [0.1, 0.15) is 41.5 Å². The van der Waals surface area contributed by atoms with Gasteiger partial charge < -0.3 is 9.42 Å². The number of hydrogen-bond donors (Lipinski definition) is 0. The summed E-state index contributed by atoms with van der Waals surface area (Å²) < 4.78 is 5.54. The first-order valence-electron chi connectivity index (χ1n) is 10.4. The van der Waals surface area contributed by atoms with Gasteiger partial charge in [0.25, 0.3) is 11.8 Å². The summed E-state index contributed by atoms with van der Waals surface area (Å²) in [5, 5.41) is 4.29. The molecule has 0 saturated carbocycles. The Kier molecular flexibility index (Phi) is 4.83. The van der Waals surface area contributed by atoms with Crippen LogP contribution in [0.2, 0.25) is 0 Å². The summed E-state index contributed by atoms with van der Waals surface area (Å²) in [6.07, 6.45) is 6.31. The number of carbonyl (C=O) groups excluding carboxylic acids is 1. The molecule has 2 aromatic heterocycles. The molecule has 0 radical (unpaired) electrons. The zero-order valence-corrected chi connectivity index (χ0v) is 17.1.